The number of carbonyl (C=O) groups excluding carboxylic acids is 1. The van der Waals surface area contributed by atoms with Crippen LogP contribution >= 0.6 is 0 Å². The summed E-state index contributed by atoms with van der Waals surface area (Å²) in [6.07, 6.45) is 2.15. The molecule has 2 N–H and O–H groups in total. The first kappa shape index (κ1) is 14.5. The highest BCUT2D eigenvalue weighted by Crippen LogP contribution is 2.13. The number of rotatable bonds is 7. The van der Waals surface area contributed by atoms with Crippen LogP contribution in [-0.2, 0) is 0 Å². The lowest BCUT2D eigenvalue weighted by Crippen LogP contribution is -2.31. The zero-order valence-corrected chi connectivity index (χ0v) is 11.2. The van der Waals surface area contributed by atoms with Gasteiger partial charge >= 0.3 is 0 Å². The maximum absolute atomic E-state index is 11.9. The molecule has 0 heterocycles. The van der Waals surface area contributed by atoms with Crippen LogP contribution in [0.15, 0.2) is 24.3 Å². The van der Waals surface area contributed by atoms with Crippen LogP contribution in [-0.4, -0.2) is 37.6 Å². The molecule has 0 aromatic heterocycles. The Balaban J connectivity index is 2.56. The van der Waals surface area contributed by atoms with E-state index in [-0.39, 0.29) is 5.91 Å². The summed E-state index contributed by atoms with van der Waals surface area (Å²) in [6.45, 7) is 3.88. The van der Waals surface area contributed by atoms with Gasteiger partial charge in [-0.3, -0.25) is 4.79 Å². The van der Waals surface area contributed by atoms with E-state index in [4.69, 9.17) is 10.5 Å². The summed E-state index contributed by atoms with van der Waals surface area (Å²) in [6, 6.07) is 7.24. The standard InChI is InChI=1S/C14H22N2O2/c1-3-4-11-18-13-7-5-12(6-8-13)14(17)16(2)10-9-15/h5-8H,3-4,9-11,15H2,1-2H3. The van der Waals surface area contributed by atoms with Crippen LogP contribution in [0.1, 0.15) is 30.1 Å². The molecule has 0 unspecified atom stereocenters. The van der Waals surface area contributed by atoms with E-state index < -0.39 is 0 Å². The summed E-state index contributed by atoms with van der Waals surface area (Å²) in [7, 11) is 1.75. The van der Waals surface area contributed by atoms with Gasteiger partial charge in [0.1, 0.15) is 5.75 Å². The van der Waals surface area contributed by atoms with Gasteiger partial charge in [0.2, 0.25) is 0 Å². The second-order valence-electron chi connectivity index (χ2n) is 4.24. The third-order valence-corrected chi connectivity index (χ3v) is 2.68. The van der Waals surface area contributed by atoms with Gasteiger partial charge < -0.3 is 15.4 Å². The number of ether oxygens (including phenoxy) is 1. The van der Waals surface area contributed by atoms with E-state index in [1.807, 2.05) is 12.1 Å². The number of benzene rings is 1. The average Bonchev–Trinajstić information content (AvgIpc) is 2.39. The fourth-order valence-corrected chi connectivity index (χ4v) is 1.54. The number of hydrogen-bond donors (Lipinski definition) is 1. The van der Waals surface area contributed by atoms with Crippen molar-refractivity contribution >= 4 is 5.91 Å². The van der Waals surface area contributed by atoms with Gasteiger partial charge in [-0.2, -0.15) is 0 Å². The first-order valence-electron chi connectivity index (χ1n) is 6.37. The minimum atomic E-state index is -0.0134. The fourth-order valence-electron chi connectivity index (χ4n) is 1.54. The Hall–Kier alpha value is -1.55. The minimum Gasteiger partial charge on any atom is -0.494 e. The lowest BCUT2D eigenvalue weighted by Gasteiger charge is -2.16. The molecule has 0 saturated carbocycles. The maximum atomic E-state index is 11.9. The van der Waals surface area contributed by atoms with E-state index in [0.29, 0.717) is 18.7 Å². The number of carbonyl (C=O) groups is 1. The highest BCUT2D eigenvalue weighted by Gasteiger charge is 2.10. The molecule has 0 aliphatic rings. The molecule has 0 bridgehead atoms. The van der Waals surface area contributed by atoms with Crippen molar-refractivity contribution in [2.24, 2.45) is 5.73 Å². The van der Waals surface area contributed by atoms with E-state index in [1.54, 1.807) is 24.1 Å². The lowest BCUT2D eigenvalue weighted by molar-refractivity contribution is 0.0799. The van der Waals surface area contributed by atoms with Crippen molar-refractivity contribution in [3.63, 3.8) is 0 Å². The maximum Gasteiger partial charge on any atom is 0.253 e. The van der Waals surface area contributed by atoms with Crippen LogP contribution in [0.25, 0.3) is 0 Å². The van der Waals surface area contributed by atoms with Gasteiger partial charge in [-0.05, 0) is 30.7 Å². The van der Waals surface area contributed by atoms with Crippen LogP contribution in [0, 0.1) is 0 Å². The Kier molecular flexibility index (Phi) is 6.22. The number of nitrogens with two attached hydrogens (primary N) is 1. The molecule has 1 aromatic carbocycles. The van der Waals surface area contributed by atoms with Gasteiger partial charge in [-0.15, -0.1) is 0 Å². The quantitative estimate of drug-likeness (QED) is 0.752. The van der Waals surface area contributed by atoms with E-state index in [0.717, 1.165) is 25.2 Å². The zero-order valence-electron chi connectivity index (χ0n) is 11.2. The Bertz CT molecular complexity index is 363. The first-order valence-corrected chi connectivity index (χ1v) is 6.37. The Labute approximate surface area is 109 Å². The molecule has 4 heteroatoms. The summed E-state index contributed by atoms with van der Waals surface area (Å²) >= 11 is 0. The molecule has 1 amide bonds. The third kappa shape index (κ3) is 4.37. The fraction of sp³-hybridized carbons (Fsp3) is 0.500. The third-order valence-electron chi connectivity index (χ3n) is 2.68. The highest BCUT2D eigenvalue weighted by molar-refractivity contribution is 5.94. The van der Waals surface area contributed by atoms with Gasteiger partial charge in [-0.1, -0.05) is 13.3 Å². The van der Waals surface area contributed by atoms with Crippen molar-refractivity contribution in [2.45, 2.75) is 19.8 Å². The Morgan fingerprint density at radius 1 is 1.33 bits per heavy atom. The number of likely N-dealkylation sites (N-methyl/N-ethyl adjacent to an activating group) is 1. The van der Waals surface area contributed by atoms with Crippen LogP contribution in [0.2, 0.25) is 0 Å². The molecule has 0 aliphatic carbocycles. The van der Waals surface area contributed by atoms with Gasteiger partial charge in [-0.25, -0.2) is 0 Å². The predicted molar refractivity (Wildman–Crippen MR) is 72.9 cm³/mol. The van der Waals surface area contributed by atoms with Crippen molar-refractivity contribution in [3.8, 4) is 5.75 Å². The van der Waals surface area contributed by atoms with Crippen molar-refractivity contribution in [3.05, 3.63) is 29.8 Å². The van der Waals surface area contributed by atoms with Crippen LogP contribution in [0.3, 0.4) is 0 Å². The molecule has 4 nitrogen and oxygen atoms in total. The number of amides is 1. The molecule has 1 rings (SSSR count). The molecule has 0 spiro atoms. The van der Waals surface area contributed by atoms with E-state index in [1.165, 1.54) is 0 Å². The predicted octanol–water partition coefficient (Wildman–Crippen LogP) is 1.90. The van der Waals surface area contributed by atoms with Crippen LogP contribution < -0.4 is 10.5 Å². The van der Waals surface area contributed by atoms with E-state index >= 15 is 0 Å². The number of hydrogen-bond acceptors (Lipinski definition) is 3. The Morgan fingerprint density at radius 3 is 2.56 bits per heavy atom. The molecule has 0 aliphatic heterocycles. The summed E-state index contributed by atoms with van der Waals surface area (Å²) in [5.74, 6) is 0.794. The molecule has 0 radical (unpaired) electrons. The van der Waals surface area contributed by atoms with Crippen molar-refractivity contribution < 1.29 is 9.53 Å². The largest absolute Gasteiger partial charge is 0.494 e. The summed E-state index contributed by atoms with van der Waals surface area (Å²) in [5.41, 5.74) is 6.08. The number of unbranched alkanes of at least 4 members (excludes halogenated alkanes) is 1. The minimum absolute atomic E-state index is 0.0134. The summed E-state index contributed by atoms with van der Waals surface area (Å²) in [5, 5.41) is 0. The van der Waals surface area contributed by atoms with Crippen molar-refractivity contribution in [1.29, 1.82) is 0 Å². The smallest absolute Gasteiger partial charge is 0.253 e. The molecular formula is C14H22N2O2. The topological polar surface area (TPSA) is 55.6 Å². The van der Waals surface area contributed by atoms with Crippen LogP contribution in [0.5, 0.6) is 5.75 Å². The van der Waals surface area contributed by atoms with Gasteiger partial charge in [0, 0.05) is 25.7 Å². The lowest BCUT2D eigenvalue weighted by atomic mass is 10.2. The molecule has 0 atom stereocenters. The molecular weight excluding hydrogens is 228 g/mol. The highest BCUT2D eigenvalue weighted by atomic mass is 16.5. The zero-order chi connectivity index (χ0) is 13.4. The molecule has 0 saturated heterocycles. The normalized spacial score (nSPS) is 10.2. The number of nitrogens with zero attached hydrogens (tertiary/aromatic N) is 1. The SMILES string of the molecule is CCCCOc1ccc(C(=O)N(C)CCN)cc1. The van der Waals surface area contributed by atoms with Crippen molar-refractivity contribution in [2.75, 3.05) is 26.7 Å². The Morgan fingerprint density at radius 2 is 2.00 bits per heavy atom. The summed E-state index contributed by atoms with van der Waals surface area (Å²) < 4.78 is 5.54. The molecule has 18 heavy (non-hydrogen) atoms. The van der Waals surface area contributed by atoms with Crippen molar-refractivity contribution in [1.82, 2.24) is 4.90 Å². The monoisotopic (exact) mass is 250 g/mol. The average molecular weight is 250 g/mol. The van der Waals surface area contributed by atoms with Gasteiger partial charge in [0.15, 0.2) is 0 Å². The van der Waals surface area contributed by atoms with E-state index in [9.17, 15) is 4.79 Å². The van der Waals surface area contributed by atoms with E-state index in [2.05, 4.69) is 6.92 Å². The second-order valence-corrected chi connectivity index (χ2v) is 4.24. The molecule has 0 fully saturated rings. The van der Waals surface area contributed by atoms with Crippen LogP contribution in [0.4, 0.5) is 0 Å². The molecule has 1 aromatic rings. The molecule has 100 valence electrons. The van der Waals surface area contributed by atoms with Gasteiger partial charge in [0.05, 0.1) is 6.61 Å². The second kappa shape index (κ2) is 7.71. The first-order chi connectivity index (χ1) is 8.69. The van der Waals surface area contributed by atoms with Gasteiger partial charge in [0.25, 0.3) is 5.91 Å². The summed E-state index contributed by atoms with van der Waals surface area (Å²) in [4.78, 5) is 13.6.